The zero-order valence-electron chi connectivity index (χ0n) is 11.7. The highest BCUT2D eigenvalue weighted by atomic mass is 32.2. The minimum atomic E-state index is -2.90. The Hall–Kier alpha value is -0.130. The molecule has 3 unspecified atom stereocenters. The van der Waals surface area contributed by atoms with Gasteiger partial charge in [-0.1, -0.05) is 6.42 Å². The van der Waals surface area contributed by atoms with E-state index < -0.39 is 9.84 Å². The van der Waals surface area contributed by atoms with Gasteiger partial charge >= 0.3 is 0 Å². The van der Waals surface area contributed by atoms with E-state index in [0.29, 0.717) is 6.04 Å². The summed E-state index contributed by atoms with van der Waals surface area (Å²) in [5, 5.41) is 3.31. The molecule has 1 N–H and O–H groups in total. The Morgan fingerprint density at radius 2 is 1.94 bits per heavy atom. The highest BCUT2D eigenvalue weighted by molar-refractivity contribution is 7.91. The third-order valence-electron chi connectivity index (χ3n) is 4.50. The van der Waals surface area contributed by atoms with Crippen LogP contribution in [0, 0.1) is 0 Å². The van der Waals surface area contributed by atoms with Gasteiger partial charge in [0.05, 0.1) is 5.25 Å². The topological polar surface area (TPSA) is 49.4 Å². The summed E-state index contributed by atoms with van der Waals surface area (Å²) in [4.78, 5) is 2.41. The predicted molar refractivity (Wildman–Crippen MR) is 74.5 cm³/mol. The fourth-order valence-corrected chi connectivity index (χ4v) is 4.40. The molecule has 0 aromatic rings. The second-order valence-corrected chi connectivity index (χ2v) is 8.32. The Labute approximate surface area is 111 Å². The van der Waals surface area contributed by atoms with Gasteiger partial charge in [-0.3, -0.25) is 4.90 Å². The summed E-state index contributed by atoms with van der Waals surface area (Å²) in [6.45, 7) is 3.11. The number of nitrogens with zero attached hydrogens (tertiary/aromatic N) is 1. The van der Waals surface area contributed by atoms with Gasteiger partial charge in [0.25, 0.3) is 0 Å². The van der Waals surface area contributed by atoms with Crippen molar-refractivity contribution >= 4 is 9.84 Å². The summed E-state index contributed by atoms with van der Waals surface area (Å²) >= 11 is 0. The number of hydrogen-bond donors (Lipinski definition) is 1. The van der Waals surface area contributed by atoms with Gasteiger partial charge in [0.2, 0.25) is 0 Å². The fourth-order valence-electron chi connectivity index (χ4n) is 2.98. The summed E-state index contributed by atoms with van der Waals surface area (Å²) in [5.41, 5.74) is 0. The maximum atomic E-state index is 11.7. The summed E-state index contributed by atoms with van der Waals surface area (Å²) in [7, 11) is -0.727. The van der Waals surface area contributed by atoms with Crippen LogP contribution in [0.1, 0.15) is 39.0 Å². The molecule has 0 heterocycles. The average Bonchev–Trinajstić information content (AvgIpc) is 3.01. The van der Waals surface area contributed by atoms with Crippen LogP contribution >= 0.6 is 0 Å². The standard InChI is InChI=1S/C13H26N2O2S/c1-10(15(2)11-7-8-11)9-14-12-5-4-6-13(12)18(3,16)17/h10-14H,4-9H2,1-3H3. The molecule has 3 atom stereocenters. The molecule has 0 spiro atoms. The second kappa shape index (κ2) is 5.47. The molecule has 0 aliphatic heterocycles. The lowest BCUT2D eigenvalue weighted by molar-refractivity contribution is 0.235. The number of rotatable bonds is 6. The summed E-state index contributed by atoms with van der Waals surface area (Å²) in [5.74, 6) is 0. The molecular weight excluding hydrogens is 248 g/mol. The molecule has 0 radical (unpaired) electrons. The molecule has 0 bridgehead atoms. The van der Waals surface area contributed by atoms with E-state index in [0.717, 1.165) is 31.8 Å². The second-order valence-electron chi connectivity index (χ2n) is 6.06. The van der Waals surface area contributed by atoms with E-state index in [1.165, 1.54) is 19.1 Å². The number of hydrogen-bond acceptors (Lipinski definition) is 4. The van der Waals surface area contributed by atoms with Gasteiger partial charge in [-0.05, 0) is 39.7 Å². The molecule has 2 rings (SSSR count). The lowest BCUT2D eigenvalue weighted by Crippen LogP contribution is -2.46. The zero-order chi connectivity index (χ0) is 13.3. The highest BCUT2D eigenvalue weighted by Crippen LogP contribution is 2.28. The molecule has 5 heteroatoms. The van der Waals surface area contributed by atoms with Gasteiger partial charge in [-0.2, -0.15) is 0 Å². The monoisotopic (exact) mass is 274 g/mol. The number of likely N-dealkylation sites (N-methyl/N-ethyl adjacent to an activating group) is 1. The van der Waals surface area contributed by atoms with E-state index in [4.69, 9.17) is 0 Å². The Morgan fingerprint density at radius 1 is 1.28 bits per heavy atom. The molecule has 2 saturated carbocycles. The summed E-state index contributed by atoms with van der Waals surface area (Å²) in [6.07, 6.45) is 6.85. The molecule has 4 nitrogen and oxygen atoms in total. The first-order chi connectivity index (χ1) is 8.39. The van der Waals surface area contributed by atoms with E-state index in [1.807, 2.05) is 0 Å². The smallest absolute Gasteiger partial charge is 0.151 e. The normalized spacial score (nSPS) is 30.9. The Balaban J connectivity index is 1.82. The van der Waals surface area contributed by atoms with Crippen molar-refractivity contribution in [3.8, 4) is 0 Å². The first-order valence-corrected chi connectivity index (χ1v) is 8.99. The molecule has 18 heavy (non-hydrogen) atoms. The Bertz CT molecular complexity index is 378. The Kier molecular flexibility index (Phi) is 4.34. The van der Waals surface area contributed by atoms with Crippen molar-refractivity contribution in [3.05, 3.63) is 0 Å². The van der Waals surface area contributed by atoms with Crippen LogP contribution < -0.4 is 5.32 Å². The van der Waals surface area contributed by atoms with Crippen molar-refractivity contribution in [2.75, 3.05) is 19.8 Å². The van der Waals surface area contributed by atoms with Crippen molar-refractivity contribution in [2.24, 2.45) is 0 Å². The summed E-state index contributed by atoms with van der Waals surface area (Å²) < 4.78 is 23.4. The quantitative estimate of drug-likeness (QED) is 0.786. The largest absolute Gasteiger partial charge is 0.311 e. The van der Waals surface area contributed by atoms with Crippen LogP contribution in [0.3, 0.4) is 0 Å². The zero-order valence-corrected chi connectivity index (χ0v) is 12.5. The molecule has 2 aliphatic rings. The van der Waals surface area contributed by atoms with Crippen LogP contribution in [-0.4, -0.2) is 56.5 Å². The van der Waals surface area contributed by atoms with Crippen LogP contribution in [0.4, 0.5) is 0 Å². The SMILES string of the molecule is CC(CNC1CCCC1S(C)(=O)=O)N(C)C1CC1. The van der Waals surface area contributed by atoms with Crippen molar-refractivity contribution < 1.29 is 8.42 Å². The lowest BCUT2D eigenvalue weighted by atomic mass is 10.2. The molecule has 106 valence electrons. The number of sulfone groups is 1. The van der Waals surface area contributed by atoms with Crippen molar-refractivity contribution in [2.45, 2.75) is 62.4 Å². The van der Waals surface area contributed by atoms with Crippen molar-refractivity contribution in [1.29, 1.82) is 0 Å². The van der Waals surface area contributed by atoms with Crippen LogP contribution in [0.15, 0.2) is 0 Å². The third kappa shape index (κ3) is 3.45. The first kappa shape index (κ1) is 14.3. The van der Waals surface area contributed by atoms with Crippen LogP contribution in [0.2, 0.25) is 0 Å². The van der Waals surface area contributed by atoms with Crippen molar-refractivity contribution in [3.63, 3.8) is 0 Å². The molecule has 0 saturated heterocycles. The van der Waals surface area contributed by atoms with E-state index in [-0.39, 0.29) is 11.3 Å². The average molecular weight is 274 g/mol. The first-order valence-electron chi connectivity index (χ1n) is 7.04. The van der Waals surface area contributed by atoms with Gasteiger partial charge in [0.15, 0.2) is 9.84 Å². The van der Waals surface area contributed by atoms with E-state index in [1.54, 1.807) is 0 Å². The van der Waals surface area contributed by atoms with Gasteiger partial charge in [-0.15, -0.1) is 0 Å². The Morgan fingerprint density at radius 3 is 2.50 bits per heavy atom. The van der Waals surface area contributed by atoms with E-state index in [9.17, 15) is 8.42 Å². The molecule has 0 amide bonds. The number of nitrogens with one attached hydrogen (secondary N) is 1. The van der Waals surface area contributed by atoms with Crippen LogP contribution in [0.5, 0.6) is 0 Å². The third-order valence-corrected chi connectivity index (χ3v) is 6.16. The van der Waals surface area contributed by atoms with Crippen molar-refractivity contribution in [1.82, 2.24) is 10.2 Å². The summed E-state index contributed by atoms with van der Waals surface area (Å²) in [6, 6.07) is 1.41. The highest BCUT2D eigenvalue weighted by Gasteiger charge is 2.35. The predicted octanol–water partition coefficient (Wildman–Crippen LogP) is 1.02. The molecule has 2 fully saturated rings. The fraction of sp³-hybridized carbons (Fsp3) is 1.00. The molecule has 0 aromatic heterocycles. The maximum absolute atomic E-state index is 11.7. The van der Waals surface area contributed by atoms with E-state index >= 15 is 0 Å². The lowest BCUT2D eigenvalue weighted by Gasteiger charge is -2.27. The van der Waals surface area contributed by atoms with Gasteiger partial charge in [0.1, 0.15) is 0 Å². The maximum Gasteiger partial charge on any atom is 0.151 e. The van der Waals surface area contributed by atoms with Gasteiger partial charge in [0, 0.05) is 30.9 Å². The molecule has 0 aromatic carbocycles. The minimum Gasteiger partial charge on any atom is -0.311 e. The minimum absolute atomic E-state index is 0.162. The van der Waals surface area contributed by atoms with Gasteiger partial charge < -0.3 is 5.32 Å². The van der Waals surface area contributed by atoms with E-state index in [2.05, 4.69) is 24.2 Å². The molecule has 2 aliphatic carbocycles. The van der Waals surface area contributed by atoms with Gasteiger partial charge in [-0.25, -0.2) is 8.42 Å². The van der Waals surface area contributed by atoms with Crippen LogP contribution in [-0.2, 0) is 9.84 Å². The van der Waals surface area contributed by atoms with Crippen LogP contribution in [0.25, 0.3) is 0 Å². The molecular formula is C13H26N2O2S.